The summed E-state index contributed by atoms with van der Waals surface area (Å²) in [6.45, 7) is 6.61. The van der Waals surface area contributed by atoms with Crippen LogP contribution in [0.1, 0.15) is 49.1 Å². The molecule has 2 aromatic carbocycles. The third-order valence-corrected chi connectivity index (χ3v) is 5.76. The summed E-state index contributed by atoms with van der Waals surface area (Å²) >= 11 is 0. The highest BCUT2D eigenvalue weighted by Crippen LogP contribution is 2.40. The van der Waals surface area contributed by atoms with Crippen LogP contribution in [0.5, 0.6) is 0 Å². The molecule has 0 saturated carbocycles. The van der Waals surface area contributed by atoms with Crippen LogP contribution in [-0.2, 0) is 21.5 Å². The lowest BCUT2D eigenvalue weighted by molar-refractivity contribution is -0.140. The number of rotatable bonds is 4. The predicted molar refractivity (Wildman–Crippen MR) is 124 cm³/mol. The molecule has 1 aliphatic heterocycles. The van der Waals surface area contributed by atoms with Crippen molar-refractivity contribution < 1.29 is 14.7 Å². The summed E-state index contributed by atoms with van der Waals surface area (Å²) in [5, 5.41) is 11.1. The Morgan fingerprint density at radius 1 is 0.969 bits per heavy atom. The first-order valence-electron chi connectivity index (χ1n) is 10.6. The third kappa shape index (κ3) is 4.06. The summed E-state index contributed by atoms with van der Waals surface area (Å²) in [7, 11) is 0. The second-order valence-corrected chi connectivity index (χ2v) is 9.03. The minimum atomic E-state index is -0.690. The van der Waals surface area contributed by atoms with Crippen LogP contribution >= 0.6 is 0 Å². The molecule has 1 N–H and O–H groups in total. The van der Waals surface area contributed by atoms with Gasteiger partial charge in [0.25, 0.3) is 11.7 Å². The molecule has 0 unspecified atom stereocenters. The van der Waals surface area contributed by atoms with Gasteiger partial charge in [0.1, 0.15) is 5.76 Å². The van der Waals surface area contributed by atoms with E-state index in [2.05, 4.69) is 25.8 Å². The van der Waals surface area contributed by atoms with Gasteiger partial charge in [-0.25, -0.2) is 0 Å². The second kappa shape index (κ2) is 8.42. The van der Waals surface area contributed by atoms with Crippen LogP contribution in [0.4, 0.5) is 0 Å². The minimum absolute atomic E-state index is 0.0277. The zero-order chi connectivity index (χ0) is 22.9. The van der Waals surface area contributed by atoms with E-state index in [0.29, 0.717) is 5.56 Å². The Morgan fingerprint density at radius 2 is 1.66 bits per heavy atom. The number of amides is 1. The molecular weight excluding hydrogens is 400 g/mol. The molecule has 1 aromatic heterocycles. The largest absolute Gasteiger partial charge is 0.507 e. The van der Waals surface area contributed by atoms with E-state index in [1.807, 2.05) is 36.4 Å². The number of Topliss-reactive ketones (excluding diaryl/α,β-unsaturated/α-hetero) is 1. The van der Waals surface area contributed by atoms with Crippen molar-refractivity contribution in [3.8, 4) is 0 Å². The monoisotopic (exact) mass is 426 g/mol. The molecule has 4 rings (SSSR count). The predicted octanol–water partition coefficient (Wildman–Crippen LogP) is 5.00. The van der Waals surface area contributed by atoms with Gasteiger partial charge < -0.3 is 10.0 Å². The van der Waals surface area contributed by atoms with Crippen LogP contribution in [0.2, 0.25) is 0 Å². The number of pyridine rings is 1. The van der Waals surface area contributed by atoms with Crippen LogP contribution in [-0.4, -0.2) is 26.7 Å². The van der Waals surface area contributed by atoms with Gasteiger partial charge in [-0.05, 0) is 28.2 Å². The van der Waals surface area contributed by atoms with Crippen LogP contribution in [0.25, 0.3) is 5.76 Å². The summed E-state index contributed by atoms with van der Waals surface area (Å²) in [6.07, 6.45) is 3.34. The van der Waals surface area contributed by atoms with E-state index < -0.39 is 17.7 Å². The molecule has 3 aromatic rings. The van der Waals surface area contributed by atoms with Crippen molar-refractivity contribution in [3.63, 3.8) is 0 Å². The van der Waals surface area contributed by atoms with Gasteiger partial charge in [0.2, 0.25) is 0 Å². The van der Waals surface area contributed by atoms with Gasteiger partial charge in [0.15, 0.2) is 0 Å². The van der Waals surface area contributed by atoms with E-state index in [1.165, 1.54) is 4.90 Å². The summed E-state index contributed by atoms with van der Waals surface area (Å²) in [5.74, 6) is -1.47. The number of ketones is 1. The summed E-state index contributed by atoms with van der Waals surface area (Å²) in [6, 6.07) is 19.7. The van der Waals surface area contributed by atoms with Crippen molar-refractivity contribution in [2.24, 2.45) is 0 Å². The lowest BCUT2D eigenvalue weighted by Crippen LogP contribution is -2.29. The highest BCUT2D eigenvalue weighted by molar-refractivity contribution is 6.46. The van der Waals surface area contributed by atoms with Crippen molar-refractivity contribution in [2.75, 3.05) is 0 Å². The number of carbonyl (C=O) groups excluding carboxylic acids is 2. The minimum Gasteiger partial charge on any atom is -0.507 e. The van der Waals surface area contributed by atoms with Crippen LogP contribution in [0.3, 0.4) is 0 Å². The molecule has 0 aliphatic carbocycles. The number of likely N-dealkylation sites (tertiary alicyclic amines) is 1. The molecule has 1 fully saturated rings. The zero-order valence-electron chi connectivity index (χ0n) is 18.4. The van der Waals surface area contributed by atoms with Crippen LogP contribution in [0, 0.1) is 0 Å². The lowest BCUT2D eigenvalue weighted by Gasteiger charge is -2.26. The topological polar surface area (TPSA) is 70.5 Å². The van der Waals surface area contributed by atoms with Crippen LogP contribution < -0.4 is 0 Å². The van der Waals surface area contributed by atoms with E-state index in [9.17, 15) is 14.7 Å². The normalized spacial score (nSPS) is 18.2. The molecule has 5 nitrogen and oxygen atoms in total. The summed E-state index contributed by atoms with van der Waals surface area (Å²) in [5.41, 5.74) is 3.31. The molecule has 1 atom stereocenters. The van der Waals surface area contributed by atoms with Gasteiger partial charge in [0.05, 0.1) is 11.6 Å². The maximum atomic E-state index is 13.1. The SMILES string of the molecule is CC(C)(C)c1ccc([C@H]2/C(=C(\O)c3ccccc3)C(=O)C(=O)N2Cc2cccnc2)cc1. The quantitative estimate of drug-likeness (QED) is 0.362. The van der Waals surface area contributed by atoms with Gasteiger partial charge >= 0.3 is 0 Å². The first-order chi connectivity index (χ1) is 15.3. The van der Waals surface area contributed by atoms with Crippen LogP contribution in [0.15, 0.2) is 84.7 Å². The Hall–Kier alpha value is -3.73. The highest BCUT2D eigenvalue weighted by Gasteiger charge is 2.46. The third-order valence-electron chi connectivity index (χ3n) is 5.76. The van der Waals surface area contributed by atoms with Gasteiger partial charge in [-0.15, -0.1) is 0 Å². The van der Waals surface area contributed by atoms with Gasteiger partial charge in [0, 0.05) is 24.5 Å². The molecule has 0 spiro atoms. The first kappa shape index (κ1) is 21.5. The molecule has 32 heavy (non-hydrogen) atoms. The average Bonchev–Trinajstić information content (AvgIpc) is 3.04. The van der Waals surface area contributed by atoms with Gasteiger partial charge in [-0.2, -0.15) is 0 Å². The number of hydrogen-bond acceptors (Lipinski definition) is 4. The van der Waals surface area contributed by atoms with E-state index in [1.54, 1.807) is 42.7 Å². The molecule has 5 heteroatoms. The van der Waals surface area contributed by atoms with Crippen molar-refractivity contribution in [3.05, 3.63) is 107 Å². The average molecular weight is 427 g/mol. The van der Waals surface area contributed by atoms with Gasteiger partial charge in [-0.1, -0.05) is 81.4 Å². The number of aromatic nitrogens is 1. The second-order valence-electron chi connectivity index (χ2n) is 9.03. The molecule has 0 radical (unpaired) electrons. The number of carbonyl (C=O) groups is 2. The number of aliphatic hydroxyl groups excluding tert-OH is 1. The molecule has 0 bridgehead atoms. The molecular formula is C27H26N2O3. The Balaban J connectivity index is 1.85. The number of benzene rings is 2. The maximum Gasteiger partial charge on any atom is 0.295 e. The standard InChI is InChI=1S/C27H26N2O3/c1-27(2,3)21-13-11-19(12-14-21)23-22(24(30)20-9-5-4-6-10-20)25(31)26(32)29(23)17-18-8-7-15-28-16-18/h4-16,23,30H,17H2,1-3H3/b24-22+/t23-/m0/s1. The maximum absolute atomic E-state index is 13.1. The summed E-state index contributed by atoms with van der Waals surface area (Å²) in [4.78, 5) is 31.8. The molecule has 1 saturated heterocycles. The van der Waals surface area contributed by atoms with Crippen molar-refractivity contribution in [2.45, 2.75) is 38.8 Å². The Bertz CT molecular complexity index is 1160. The molecule has 2 heterocycles. The van der Waals surface area contributed by atoms with Crippen molar-refractivity contribution in [1.82, 2.24) is 9.88 Å². The van der Waals surface area contributed by atoms with E-state index in [0.717, 1.165) is 16.7 Å². The fourth-order valence-electron chi connectivity index (χ4n) is 3.99. The van der Waals surface area contributed by atoms with E-state index >= 15 is 0 Å². The van der Waals surface area contributed by atoms with Gasteiger partial charge in [-0.3, -0.25) is 14.6 Å². The number of hydrogen-bond donors (Lipinski definition) is 1. The molecule has 162 valence electrons. The van der Waals surface area contributed by atoms with E-state index in [-0.39, 0.29) is 23.3 Å². The molecule has 1 amide bonds. The Kier molecular flexibility index (Phi) is 5.66. The number of nitrogens with zero attached hydrogens (tertiary/aromatic N) is 2. The van der Waals surface area contributed by atoms with E-state index in [4.69, 9.17) is 0 Å². The Morgan fingerprint density at radius 3 is 2.25 bits per heavy atom. The Labute approximate surface area is 188 Å². The fraction of sp³-hybridized carbons (Fsp3) is 0.222. The highest BCUT2D eigenvalue weighted by atomic mass is 16.3. The fourth-order valence-corrected chi connectivity index (χ4v) is 3.99. The smallest absolute Gasteiger partial charge is 0.295 e. The van der Waals surface area contributed by atoms with Crippen molar-refractivity contribution in [1.29, 1.82) is 0 Å². The first-order valence-corrected chi connectivity index (χ1v) is 10.6. The number of aliphatic hydroxyl groups is 1. The summed E-state index contributed by atoms with van der Waals surface area (Å²) < 4.78 is 0. The lowest BCUT2D eigenvalue weighted by atomic mass is 9.85. The van der Waals surface area contributed by atoms with Crippen molar-refractivity contribution >= 4 is 17.4 Å². The zero-order valence-corrected chi connectivity index (χ0v) is 18.4. The molecule has 1 aliphatic rings.